The molecule has 0 saturated heterocycles. The molecule has 2 aliphatic rings. The van der Waals surface area contributed by atoms with Gasteiger partial charge in [-0.2, -0.15) is 0 Å². The lowest BCUT2D eigenvalue weighted by Gasteiger charge is -2.30. The van der Waals surface area contributed by atoms with Crippen molar-refractivity contribution in [2.24, 2.45) is 0 Å². The summed E-state index contributed by atoms with van der Waals surface area (Å²) in [5.41, 5.74) is 5.60. The minimum atomic E-state index is -0.993. The Morgan fingerprint density at radius 2 is 1.82 bits per heavy atom. The van der Waals surface area contributed by atoms with E-state index in [-0.39, 0.29) is 18.4 Å². The van der Waals surface area contributed by atoms with Crippen LogP contribution in [0.4, 0.5) is 0 Å². The van der Waals surface area contributed by atoms with E-state index < -0.39 is 12.1 Å². The summed E-state index contributed by atoms with van der Waals surface area (Å²) >= 11 is 0. The fraction of sp³-hybridized carbons (Fsp3) is 0.286. The van der Waals surface area contributed by atoms with Gasteiger partial charge in [0.2, 0.25) is 0 Å². The van der Waals surface area contributed by atoms with Crippen molar-refractivity contribution in [3.8, 4) is 11.1 Å². The van der Waals surface area contributed by atoms with Crippen molar-refractivity contribution in [1.82, 2.24) is 10.2 Å². The Balaban J connectivity index is 1.41. The van der Waals surface area contributed by atoms with Crippen LogP contribution in [0.2, 0.25) is 0 Å². The SMILES string of the molecule is Cc1ccc(C(=O)NC2CC2)cc1-c1ccc2c(c1)CN(C(CO)C(O)c1ccccc1)C2=O. The Labute approximate surface area is 198 Å². The second kappa shape index (κ2) is 9.05. The lowest BCUT2D eigenvalue weighted by molar-refractivity contribution is 0.0152. The molecule has 34 heavy (non-hydrogen) atoms. The molecule has 2 atom stereocenters. The third-order valence-corrected chi connectivity index (χ3v) is 6.75. The third kappa shape index (κ3) is 4.22. The van der Waals surface area contributed by atoms with E-state index in [9.17, 15) is 19.8 Å². The number of fused-ring (bicyclic) bond motifs is 1. The van der Waals surface area contributed by atoms with Crippen LogP contribution in [-0.4, -0.2) is 45.6 Å². The summed E-state index contributed by atoms with van der Waals surface area (Å²) in [5.74, 6) is -0.267. The van der Waals surface area contributed by atoms with Crippen LogP contribution in [0, 0.1) is 6.92 Å². The first-order chi connectivity index (χ1) is 16.5. The maximum atomic E-state index is 13.2. The van der Waals surface area contributed by atoms with Gasteiger partial charge in [0.1, 0.15) is 6.10 Å². The second-order valence-electron chi connectivity index (χ2n) is 9.19. The van der Waals surface area contributed by atoms with Crippen LogP contribution in [-0.2, 0) is 6.54 Å². The summed E-state index contributed by atoms with van der Waals surface area (Å²) in [6, 6.07) is 20.0. The van der Waals surface area contributed by atoms with Crippen molar-refractivity contribution in [1.29, 1.82) is 0 Å². The van der Waals surface area contributed by atoms with Crippen LogP contribution in [0.1, 0.15) is 56.4 Å². The van der Waals surface area contributed by atoms with Gasteiger partial charge < -0.3 is 20.4 Å². The normalized spacial score (nSPS) is 16.8. The molecular formula is C28H28N2O4. The average molecular weight is 457 g/mol. The highest BCUT2D eigenvalue weighted by molar-refractivity contribution is 6.00. The van der Waals surface area contributed by atoms with Crippen molar-refractivity contribution in [3.63, 3.8) is 0 Å². The number of aryl methyl sites for hydroxylation is 1. The summed E-state index contributed by atoms with van der Waals surface area (Å²) < 4.78 is 0. The number of aliphatic hydroxyl groups excluding tert-OH is 2. The Bertz CT molecular complexity index is 1240. The molecule has 3 N–H and O–H groups in total. The number of amides is 2. The van der Waals surface area contributed by atoms with Crippen molar-refractivity contribution in [2.75, 3.05) is 6.61 Å². The number of benzene rings is 3. The number of rotatable bonds is 7. The first-order valence-corrected chi connectivity index (χ1v) is 11.7. The number of nitrogens with one attached hydrogen (secondary N) is 1. The summed E-state index contributed by atoms with van der Waals surface area (Å²) in [5, 5.41) is 23.9. The first-order valence-electron chi connectivity index (χ1n) is 11.7. The molecule has 174 valence electrons. The standard InChI is InChI=1S/C28H28N2O4/c1-17-7-8-20(27(33)29-22-10-11-22)14-24(17)19-9-12-23-21(13-19)15-30(28(23)34)25(16-31)26(32)18-5-3-2-4-6-18/h2-9,12-14,22,25-26,31-32H,10-11,15-16H2,1H3,(H,29,33). The van der Waals surface area contributed by atoms with E-state index in [1.165, 1.54) is 0 Å². The lowest BCUT2D eigenvalue weighted by atomic mass is 9.95. The van der Waals surface area contributed by atoms with Gasteiger partial charge in [0.15, 0.2) is 0 Å². The molecule has 1 heterocycles. The van der Waals surface area contributed by atoms with E-state index in [0.717, 1.165) is 35.1 Å². The van der Waals surface area contributed by atoms with Crippen LogP contribution in [0.3, 0.4) is 0 Å². The second-order valence-corrected chi connectivity index (χ2v) is 9.19. The Morgan fingerprint density at radius 3 is 2.53 bits per heavy atom. The first kappa shape index (κ1) is 22.3. The number of aliphatic hydroxyl groups is 2. The smallest absolute Gasteiger partial charge is 0.254 e. The predicted octanol–water partition coefficient (Wildman–Crippen LogP) is 3.60. The highest BCUT2D eigenvalue weighted by Crippen LogP contribution is 2.34. The van der Waals surface area contributed by atoms with Gasteiger partial charge in [-0.15, -0.1) is 0 Å². The van der Waals surface area contributed by atoms with Crippen molar-refractivity contribution in [2.45, 2.75) is 44.5 Å². The van der Waals surface area contributed by atoms with Crippen LogP contribution in [0.15, 0.2) is 66.7 Å². The van der Waals surface area contributed by atoms with Gasteiger partial charge in [-0.3, -0.25) is 9.59 Å². The van der Waals surface area contributed by atoms with Gasteiger partial charge in [0, 0.05) is 23.7 Å². The molecule has 1 aliphatic carbocycles. The molecule has 1 fully saturated rings. The zero-order valence-electron chi connectivity index (χ0n) is 19.1. The lowest BCUT2D eigenvalue weighted by Crippen LogP contribution is -2.42. The molecule has 0 radical (unpaired) electrons. The molecule has 6 heteroatoms. The van der Waals surface area contributed by atoms with E-state index in [2.05, 4.69) is 5.32 Å². The molecule has 1 aliphatic heterocycles. The summed E-state index contributed by atoms with van der Waals surface area (Å²) in [7, 11) is 0. The molecule has 1 saturated carbocycles. The van der Waals surface area contributed by atoms with E-state index in [1.54, 1.807) is 23.1 Å². The molecule has 3 aromatic carbocycles. The molecule has 0 bridgehead atoms. The van der Waals surface area contributed by atoms with Gasteiger partial charge in [0.05, 0.1) is 12.6 Å². The molecule has 6 nitrogen and oxygen atoms in total. The van der Waals surface area contributed by atoms with Crippen LogP contribution < -0.4 is 5.32 Å². The summed E-state index contributed by atoms with van der Waals surface area (Å²) in [4.78, 5) is 27.2. The van der Waals surface area contributed by atoms with Gasteiger partial charge in [-0.05, 0) is 71.8 Å². The number of nitrogens with zero attached hydrogens (tertiary/aromatic N) is 1. The van der Waals surface area contributed by atoms with E-state index >= 15 is 0 Å². The van der Waals surface area contributed by atoms with Crippen LogP contribution >= 0.6 is 0 Å². The van der Waals surface area contributed by atoms with Crippen molar-refractivity contribution in [3.05, 3.63) is 94.5 Å². The van der Waals surface area contributed by atoms with Crippen LogP contribution in [0.5, 0.6) is 0 Å². The maximum absolute atomic E-state index is 13.2. The van der Waals surface area contributed by atoms with E-state index in [1.807, 2.05) is 55.5 Å². The highest BCUT2D eigenvalue weighted by Gasteiger charge is 2.36. The molecule has 0 spiro atoms. The zero-order valence-corrected chi connectivity index (χ0v) is 19.1. The van der Waals surface area contributed by atoms with E-state index in [0.29, 0.717) is 29.3 Å². The van der Waals surface area contributed by atoms with Crippen LogP contribution in [0.25, 0.3) is 11.1 Å². The molecule has 5 rings (SSSR count). The number of hydrogen-bond donors (Lipinski definition) is 3. The fourth-order valence-electron chi connectivity index (χ4n) is 4.59. The average Bonchev–Trinajstić information content (AvgIpc) is 3.62. The predicted molar refractivity (Wildman–Crippen MR) is 129 cm³/mol. The third-order valence-electron chi connectivity index (χ3n) is 6.75. The van der Waals surface area contributed by atoms with E-state index in [4.69, 9.17) is 0 Å². The van der Waals surface area contributed by atoms with Gasteiger partial charge >= 0.3 is 0 Å². The summed E-state index contributed by atoms with van der Waals surface area (Å²) in [6.07, 6.45) is 1.08. The minimum absolute atomic E-state index is 0.0630. The monoisotopic (exact) mass is 456 g/mol. The molecular weight excluding hydrogens is 428 g/mol. The zero-order chi connectivity index (χ0) is 23.8. The Kier molecular flexibility index (Phi) is 5.94. The van der Waals surface area contributed by atoms with Gasteiger partial charge in [-0.25, -0.2) is 0 Å². The summed E-state index contributed by atoms with van der Waals surface area (Å²) in [6.45, 7) is 1.96. The number of carbonyl (C=O) groups excluding carboxylic acids is 2. The van der Waals surface area contributed by atoms with Gasteiger partial charge in [-0.1, -0.05) is 42.5 Å². The maximum Gasteiger partial charge on any atom is 0.254 e. The minimum Gasteiger partial charge on any atom is -0.394 e. The Hall–Kier alpha value is -3.48. The van der Waals surface area contributed by atoms with Crippen molar-refractivity contribution < 1.29 is 19.8 Å². The highest BCUT2D eigenvalue weighted by atomic mass is 16.3. The molecule has 2 unspecified atom stereocenters. The largest absolute Gasteiger partial charge is 0.394 e. The molecule has 2 amide bonds. The number of carbonyl (C=O) groups is 2. The van der Waals surface area contributed by atoms with Gasteiger partial charge in [0.25, 0.3) is 11.8 Å². The quantitative estimate of drug-likeness (QED) is 0.507. The molecule has 0 aromatic heterocycles. The topological polar surface area (TPSA) is 89.9 Å². The molecule has 3 aromatic rings. The Morgan fingerprint density at radius 1 is 1.06 bits per heavy atom. The number of hydrogen-bond acceptors (Lipinski definition) is 4. The van der Waals surface area contributed by atoms with Crippen molar-refractivity contribution >= 4 is 11.8 Å². The fourth-order valence-corrected chi connectivity index (χ4v) is 4.59.